The van der Waals surface area contributed by atoms with E-state index in [2.05, 4.69) is 29.4 Å². The summed E-state index contributed by atoms with van der Waals surface area (Å²) in [5.74, 6) is 0.615. The van der Waals surface area contributed by atoms with E-state index < -0.39 is 5.91 Å². The lowest BCUT2D eigenvalue weighted by atomic mass is 9.84. The standard InChI is InChI=1S/C25H29N3O2/c1-3-4-8-19(14-18-7-5-10-22(15-18)30-2)24-16-20(11-12-23(24)25(26)29)28-21-9-6-13-27-17-21/h5-7,9-13,15-17,19,28H,3-4,8,14H2,1-2H3,(H2,26,29)/t19-/m0/s1. The summed E-state index contributed by atoms with van der Waals surface area (Å²) < 4.78 is 5.38. The number of anilines is 2. The lowest BCUT2D eigenvalue weighted by Gasteiger charge is -2.21. The molecule has 1 atom stereocenters. The van der Waals surface area contributed by atoms with Gasteiger partial charge in [-0.2, -0.15) is 0 Å². The third-order valence-corrected chi connectivity index (χ3v) is 5.23. The summed E-state index contributed by atoms with van der Waals surface area (Å²) in [6, 6.07) is 17.7. The number of pyridine rings is 1. The summed E-state index contributed by atoms with van der Waals surface area (Å²) in [7, 11) is 1.67. The third kappa shape index (κ3) is 5.60. The molecule has 0 radical (unpaired) electrons. The highest BCUT2D eigenvalue weighted by atomic mass is 16.5. The molecule has 1 amide bonds. The minimum atomic E-state index is -0.398. The van der Waals surface area contributed by atoms with Crippen LogP contribution in [0, 0.1) is 0 Å². The van der Waals surface area contributed by atoms with E-state index in [9.17, 15) is 4.79 Å². The van der Waals surface area contributed by atoms with Gasteiger partial charge in [-0.1, -0.05) is 31.9 Å². The number of nitrogens with zero attached hydrogens (tertiary/aromatic N) is 1. The second-order valence-corrected chi connectivity index (χ2v) is 7.43. The van der Waals surface area contributed by atoms with Crippen LogP contribution in [0.2, 0.25) is 0 Å². The van der Waals surface area contributed by atoms with Gasteiger partial charge in [0.1, 0.15) is 5.75 Å². The number of hydrogen-bond donors (Lipinski definition) is 2. The van der Waals surface area contributed by atoms with Crippen LogP contribution in [0.4, 0.5) is 11.4 Å². The second-order valence-electron chi connectivity index (χ2n) is 7.43. The van der Waals surface area contributed by atoms with Gasteiger partial charge in [0.2, 0.25) is 5.91 Å². The number of carbonyl (C=O) groups is 1. The summed E-state index contributed by atoms with van der Waals surface area (Å²) in [6.07, 6.45) is 7.47. The molecule has 0 aliphatic heterocycles. The summed E-state index contributed by atoms with van der Waals surface area (Å²) in [5.41, 5.74) is 10.3. The largest absolute Gasteiger partial charge is 0.497 e. The zero-order valence-electron chi connectivity index (χ0n) is 17.6. The van der Waals surface area contributed by atoms with Crippen molar-refractivity contribution in [2.45, 2.75) is 38.5 Å². The molecule has 0 bridgehead atoms. The highest BCUT2D eigenvalue weighted by Gasteiger charge is 2.19. The van der Waals surface area contributed by atoms with Gasteiger partial charge in [0.25, 0.3) is 0 Å². The quantitative estimate of drug-likeness (QED) is 0.472. The molecule has 3 N–H and O–H groups in total. The summed E-state index contributed by atoms with van der Waals surface area (Å²) in [4.78, 5) is 16.3. The first-order valence-electron chi connectivity index (χ1n) is 10.3. The fraction of sp³-hybridized carbons (Fsp3) is 0.280. The Kier molecular flexibility index (Phi) is 7.44. The van der Waals surface area contributed by atoms with Crippen molar-refractivity contribution in [3.05, 3.63) is 83.7 Å². The first-order chi connectivity index (χ1) is 14.6. The minimum absolute atomic E-state index is 0.176. The predicted octanol–water partition coefficient (Wildman–Crippen LogP) is 5.45. The van der Waals surface area contributed by atoms with Crippen LogP contribution >= 0.6 is 0 Å². The number of hydrogen-bond acceptors (Lipinski definition) is 4. The maximum absolute atomic E-state index is 12.2. The Morgan fingerprint density at radius 3 is 2.70 bits per heavy atom. The van der Waals surface area contributed by atoms with Gasteiger partial charge in [0, 0.05) is 17.4 Å². The van der Waals surface area contributed by atoms with E-state index in [1.807, 2.05) is 42.5 Å². The zero-order valence-corrected chi connectivity index (χ0v) is 17.6. The Labute approximate surface area is 178 Å². The number of carbonyl (C=O) groups excluding carboxylic acids is 1. The van der Waals surface area contributed by atoms with E-state index >= 15 is 0 Å². The molecule has 3 aromatic rings. The van der Waals surface area contributed by atoms with E-state index in [0.29, 0.717) is 5.56 Å². The van der Waals surface area contributed by atoms with Crippen molar-refractivity contribution in [1.29, 1.82) is 0 Å². The average molecular weight is 404 g/mol. The van der Waals surface area contributed by atoms with Gasteiger partial charge < -0.3 is 15.8 Å². The number of amides is 1. The topological polar surface area (TPSA) is 77.2 Å². The fourth-order valence-electron chi connectivity index (χ4n) is 3.71. The average Bonchev–Trinajstić information content (AvgIpc) is 2.77. The van der Waals surface area contributed by atoms with E-state index in [-0.39, 0.29) is 5.92 Å². The number of aromatic nitrogens is 1. The van der Waals surface area contributed by atoms with Crippen molar-refractivity contribution < 1.29 is 9.53 Å². The number of nitrogens with two attached hydrogens (primary N) is 1. The van der Waals surface area contributed by atoms with Gasteiger partial charge in [0.05, 0.1) is 19.0 Å². The van der Waals surface area contributed by atoms with Crippen molar-refractivity contribution in [2.75, 3.05) is 12.4 Å². The predicted molar refractivity (Wildman–Crippen MR) is 121 cm³/mol. The van der Waals surface area contributed by atoms with Gasteiger partial charge in [-0.25, -0.2) is 0 Å². The van der Waals surface area contributed by atoms with E-state index in [0.717, 1.165) is 48.4 Å². The highest BCUT2D eigenvalue weighted by Crippen LogP contribution is 2.32. The van der Waals surface area contributed by atoms with Crippen molar-refractivity contribution in [2.24, 2.45) is 5.73 Å². The van der Waals surface area contributed by atoms with Crippen molar-refractivity contribution >= 4 is 17.3 Å². The molecule has 5 nitrogen and oxygen atoms in total. The van der Waals surface area contributed by atoms with E-state index in [1.54, 1.807) is 19.5 Å². The molecule has 1 aromatic heterocycles. The second kappa shape index (κ2) is 10.4. The number of unbranched alkanes of at least 4 members (excludes halogenated alkanes) is 1. The molecule has 0 fully saturated rings. The summed E-state index contributed by atoms with van der Waals surface area (Å²) in [6.45, 7) is 2.18. The molecule has 5 heteroatoms. The number of nitrogens with one attached hydrogen (secondary N) is 1. The van der Waals surface area contributed by atoms with Crippen LogP contribution in [0.15, 0.2) is 67.0 Å². The lowest BCUT2D eigenvalue weighted by Crippen LogP contribution is -2.17. The van der Waals surface area contributed by atoms with Crippen LogP contribution in [-0.4, -0.2) is 18.0 Å². The Morgan fingerprint density at radius 1 is 1.13 bits per heavy atom. The SMILES string of the molecule is CCCC[C@@H](Cc1cccc(OC)c1)c1cc(Nc2cccnc2)ccc1C(N)=O. The van der Waals surface area contributed by atoms with Gasteiger partial charge >= 0.3 is 0 Å². The first-order valence-corrected chi connectivity index (χ1v) is 10.3. The number of benzene rings is 2. The molecular weight excluding hydrogens is 374 g/mol. The monoisotopic (exact) mass is 403 g/mol. The Bertz CT molecular complexity index is 973. The molecule has 0 unspecified atom stereocenters. The maximum atomic E-state index is 12.2. The summed E-state index contributed by atoms with van der Waals surface area (Å²) >= 11 is 0. The molecule has 0 saturated heterocycles. The molecular formula is C25H29N3O2. The van der Waals surface area contributed by atoms with Crippen molar-refractivity contribution in [3.63, 3.8) is 0 Å². The summed E-state index contributed by atoms with van der Waals surface area (Å²) in [5, 5.41) is 3.37. The van der Waals surface area contributed by atoms with Gasteiger partial charge in [-0.05, 0) is 72.4 Å². The van der Waals surface area contributed by atoms with Crippen LogP contribution in [0.5, 0.6) is 5.75 Å². The van der Waals surface area contributed by atoms with Crippen molar-refractivity contribution in [1.82, 2.24) is 4.98 Å². The molecule has 0 aliphatic rings. The Balaban J connectivity index is 1.96. The maximum Gasteiger partial charge on any atom is 0.248 e. The number of primary amides is 1. The highest BCUT2D eigenvalue weighted by molar-refractivity contribution is 5.95. The van der Waals surface area contributed by atoms with Crippen LogP contribution in [0.1, 0.15) is 53.6 Å². The Morgan fingerprint density at radius 2 is 2.00 bits per heavy atom. The lowest BCUT2D eigenvalue weighted by molar-refractivity contribution is 0.0999. The number of rotatable bonds is 10. The number of ether oxygens (including phenoxy) is 1. The molecule has 0 saturated carbocycles. The smallest absolute Gasteiger partial charge is 0.248 e. The van der Waals surface area contributed by atoms with E-state index in [4.69, 9.17) is 10.5 Å². The van der Waals surface area contributed by atoms with Gasteiger partial charge in [-0.3, -0.25) is 9.78 Å². The van der Waals surface area contributed by atoms with Crippen LogP contribution < -0.4 is 15.8 Å². The molecule has 1 heterocycles. The fourth-order valence-corrected chi connectivity index (χ4v) is 3.71. The molecule has 0 spiro atoms. The third-order valence-electron chi connectivity index (χ3n) is 5.23. The molecule has 2 aromatic carbocycles. The first kappa shape index (κ1) is 21.4. The van der Waals surface area contributed by atoms with Crippen LogP contribution in [-0.2, 0) is 6.42 Å². The normalized spacial score (nSPS) is 11.7. The minimum Gasteiger partial charge on any atom is -0.497 e. The van der Waals surface area contributed by atoms with Crippen molar-refractivity contribution in [3.8, 4) is 5.75 Å². The molecule has 156 valence electrons. The van der Waals surface area contributed by atoms with Crippen LogP contribution in [0.3, 0.4) is 0 Å². The zero-order chi connectivity index (χ0) is 21.3. The molecule has 30 heavy (non-hydrogen) atoms. The molecule has 3 rings (SSSR count). The molecule has 0 aliphatic carbocycles. The van der Waals surface area contributed by atoms with Gasteiger partial charge in [0.15, 0.2) is 0 Å². The number of methoxy groups -OCH3 is 1. The van der Waals surface area contributed by atoms with E-state index in [1.165, 1.54) is 5.56 Å². The van der Waals surface area contributed by atoms with Gasteiger partial charge in [-0.15, -0.1) is 0 Å². The Hall–Kier alpha value is -3.34. The van der Waals surface area contributed by atoms with Crippen LogP contribution in [0.25, 0.3) is 0 Å².